The number of hydrogen-bond donors (Lipinski definition) is 3. The molecule has 1 aromatic heterocycles. The molecule has 0 saturated carbocycles. The van der Waals surface area contributed by atoms with E-state index >= 15 is 0 Å². The number of carboxylic acid groups (broad SMARTS) is 1. The van der Waals surface area contributed by atoms with E-state index in [0.29, 0.717) is 12.1 Å². The van der Waals surface area contributed by atoms with E-state index in [2.05, 4.69) is 15.7 Å². The summed E-state index contributed by atoms with van der Waals surface area (Å²) in [5.41, 5.74) is 0.352. The van der Waals surface area contributed by atoms with Crippen molar-refractivity contribution in [3.05, 3.63) is 18.0 Å². The first-order chi connectivity index (χ1) is 9.85. The Morgan fingerprint density at radius 1 is 1.48 bits per heavy atom. The van der Waals surface area contributed by atoms with Crippen LogP contribution in [0, 0.1) is 0 Å². The molecule has 0 aliphatic carbocycles. The van der Waals surface area contributed by atoms with Crippen LogP contribution in [0.4, 0.5) is 4.79 Å². The lowest BCUT2D eigenvalue weighted by Crippen LogP contribution is -2.45. The van der Waals surface area contributed by atoms with Gasteiger partial charge in [0.05, 0.1) is 6.20 Å². The Balaban J connectivity index is 2.69. The Kier molecular flexibility index (Phi) is 5.70. The minimum atomic E-state index is -1.22. The van der Waals surface area contributed by atoms with E-state index in [1.165, 1.54) is 24.1 Å². The first kappa shape index (κ1) is 16.5. The Labute approximate surface area is 121 Å². The Morgan fingerprint density at radius 3 is 2.62 bits per heavy atom. The van der Waals surface area contributed by atoms with Gasteiger partial charge in [-0.15, -0.1) is 0 Å². The fourth-order valence-corrected chi connectivity index (χ4v) is 1.65. The second-order valence-corrected chi connectivity index (χ2v) is 4.48. The number of aromatic nitrogens is 2. The summed E-state index contributed by atoms with van der Waals surface area (Å²) in [6, 6.07) is -1.87. The van der Waals surface area contributed by atoms with Gasteiger partial charge in [-0.1, -0.05) is 0 Å². The standard InChI is InChI=1S/C12H19N5O4/c1-4-13-9(18)7-16(2)12(21)15-10(11(19)20)8-5-14-17(3)6-8/h5-6,10H,4,7H2,1-3H3,(H,13,18)(H,15,21)(H,19,20). The van der Waals surface area contributed by atoms with E-state index in [4.69, 9.17) is 0 Å². The molecule has 1 atom stereocenters. The SMILES string of the molecule is CCNC(=O)CN(C)C(=O)NC(C(=O)O)c1cnn(C)c1. The number of nitrogens with zero attached hydrogens (tertiary/aromatic N) is 3. The molecule has 9 heteroatoms. The molecule has 116 valence electrons. The Hall–Kier alpha value is -2.58. The van der Waals surface area contributed by atoms with Gasteiger partial charge in [0.25, 0.3) is 0 Å². The summed E-state index contributed by atoms with van der Waals surface area (Å²) in [6.07, 6.45) is 2.87. The van der Waals surface area contributed by atoms with E-state index in [-0.39, 0.29) is 12.5 Å². The van der Waals surface area contributed by atoms with Crippen molar-refractivity contribution in [3.63, 3.8) is 0 Å². The van der Waals surface area contributed by atoms with E-state index in [0.717, 1.165) is 4.90 Å². The number of likely N-dealkylation sites (N-methyl/N-ethyl adjacent to an activating group) is 2. The lowest BCUT2D eigenvalue weighted by molar-refractivity contribution is -0.139. The third-order valence-corrected chi connectivity index (χ3v) is 2.67. The molecule has 1 rings (SSSR count). The van der Waals surface area contributed by atoms with Gasteiger partial charge < -0.3 is 20.6 Å². The third kappa shape index (κ3) is 4.79. The number of nitrogens with one attached hydrogen (secondary N) is 2. The van der Waals surface area contributed by atoms with Gasteiger partial charge >= 0.3 is 12.0 Å². The van der Waals surface area contributed by atoms with Crippen molar-refractivity contribution in [2.75, 3.05) is 20.1 Å². The summed E-state index contributed by atoms with van der Waals surface area (Å²) in [6.45, 7) is 2.07. The minimum absolute atomic E-state index is 0.154. The van der Waals surface area contributed by atoms with Crippen LogP contribution in [0.5, 0.6) is 0 Å². The molecule has 9 nitrogen and oxygen atoms in total. The van der Waals surface area contributed by atoms with Crippen LogP contribution in [-0.2, 0) is 16.6 Å². The second kappa shape index (κ2) is 7.27. The maximum Gasteiger partial charge on any atom is 0.331 e. The molecule has 0 spiro atoms. The fraction of sp³-hybridized carbons (Fsp3) is 0.500. The third-order valence-electron chi connectivity index (χ3n) is 2.67. The summed E-state index contributed by atoms with van der Waals surface area (Å²) in [5, 5.41) is 18.0. The van der Waals surface area contributed by atoms with E-state index < -0.39 is 18.0 Å². The van der Waals surface area contributed by atoms with Crippen LogP contribution >= 0.6 is 0 Å². The topological polar surface area (TPSA) is 117 Å². The maximum atomic E-state index is 11.9. The van der Waals surface area contributed by atoms with E-state index in [1.54, 1.807) is 14.0 Å². The van der Waals surface area contributed by atoms with Gasteiger partial charge in [-0.05, 0) is 6.92 Å². The number of carbonyl (C=O) groups excluding carboxylic acids is 2. The number of amides is 3. The maximum absolute atomic E-state index is 11.9. The van der Waals surface area contributed by atoms with Crippen LogP contribution < -0.4 is 10.6 Å². The van der Waals surface area contributed by atoms with Crippen LogP contribution in [0.15, 0.2) is 12.4 Å². The first-order valence-electron chi connectivity index (χ1n) is 6.34. The normalized spacial score (nSPS) is 11.6. The van der Waals surface area contributed by atoms with Gasteiger partial charge in [-0.2, -0.15) is 5.10 Å². The highest BCUT2D eigenvalue weighted by molar-refractivity contribution is 5.87. The van der Waals surface area contributed by atoms with Crippen molar-refractivity contribution >= 4 is 17.9 Å². The summed E-state index contributed by atoms with van der Waals surface area (Å²) in [4.78, 5) is 35.7. The molecule has 1 unspecified atom stereocenters. The highest BCUT2D eigenvalue weighted by Crippen LogP contribution is 2.12. The highest BCUT2D eigenvalue weighted by Gasteiger charge is 2.25. The molecule has 3 amide bonds. The fourth-order valence-electron chi connectivity index (χ4n) is 1.65. The van der Waals surface area contributed by atoms with Crippen molar-refractivity contribution < 1.29 is 19.5 Å². The van der Waals surface area contributed by atoms with E-state index in [1.807, 2.05) is 0 Å². The monoisotopic (exact) mass is 297 g/mol. The predicted molar refractivity (Wildman–Crippen MR) is 73.4 cm³/mol. The van der Waals surface area contributed by atoms with Crippen molar-refractivity contribution in [1.29, 1.82) is 0 Å². The van der Waals surface area contributed by atoms with Crippen molar-refractivity contribution in [1.82, 2.24) is 25.3 Å². The zero-order valence-corrected chi connectivity index (χ0v) is 12.2. The van der Waals surface area contributed by atoms with Gasteiger partial charge in [-0.3, -0.25) is 9.48 Å². The molecule has 0 fully saturated rings. The number of aliphatic carboxylic acids is 1. The van der Waals surface area contributed by atoms with Crippen LogP contribution in [0.25, 0.3) is 0 Å². The quantitative estimate of drug-likeness (QED) is 0.643. The summed E-state index contributed by atoms with van der Waals surface area (Å²) in [7, 11) is 3.05. The average Bonchev–Trinajstić information content (AvgIpc) is 2.81. The first-order valence-corrected chi connectivity index (χ1v) is 6.34. The number of aryl methyl sites for hydroxylation is 1. The number of urea groups is 1. The molecular weight excluding hydrogens is 278 g/mol. The smallest absolute Gasteiger partial charge is 0.331 e. The van der Waals surface area contributed by atoms with Gasteiger partial charge in [0.2, 0.25) is 5.91 Å². The number of carbonyl (C=O) groups is 3. The summed E-state index contributed by atoms with van der Waals surface area (Å²) in [5.74, 6) is -1.52. The average molecular weight is 297 g/mol. The summed E-state index contributed by atoms with van der Waals surface area (Å²) >= 11 is 0. The lowest BCUT2D eigenvalue weighted by Gasteiger charge is -2.20. The molecule has 0 aromatic carbocycles. The Bertz CT molecular complexity index is 527. The molecule has 1 heterocycles. The number of rotatable bonds is 6. The predicted octanol–water partition coefficient (Wildman–Crippen LogP) is -0.677. The second-order valence-electron chi connectivity index (χ2n) is 4.48. The zero-order chi connectivity index (χ0) is 16.0. The van der Waals surface area contributed by atoms with Crippen LogP contribution in [-0.4, -0.2) is 57.8 Å². The van der Waals surface area contributed by atoms with Crippen molar-refractivity contribution in [2.45, 2.75) is 13.0 Å². The van der Waals surface area contributed by atoms with Crippen molar-refractivity contribution in [2.24, 2.45) is 7.05 Å². The van der Waals surface area contributed by atoms with E-state index in [9.17, 15) is 19.5 Å². The largest absolute Gasteiger partial charge is 0.479 e. The molecule has 0 bridgehead atoms. The molecule has 0 aliphatic rings. The van der Waals surface area contributed by atoms with Crippen LogP contribution in [0.2, 0.25) is 0 Å². The molecule has 21 heavy (non-hydrogen) atoms. The molecule has 3 N–H and O–H groups in total. The summed E-state index contributed by atoms with van der Waals surface area (Å²) < 4.78 is 1.44. The van der Waals surface area contributed by atoms with Gasteiger partial charge in [0, 0.05) is 32.4 Å². The van der Waals surface area contributed by atoms with Gasteiger partial charge in [-0.25, -0.2) is 9.59 Å². The van der Waals surface area contributed by atoms with Crippen LogP contribution in [0.1, 0.15) is 18.5 Å². The number of carboxylic acids is 1. The zero-order valence-electron chi connectivity index (χ0n) is 12.2. The highest BCUT2D eigenvalue weighted by atomic mass is 16.4. The van der Waals surface area contributed by atoms with Gasteiger partial charge in [0.1, 0.15) is 6.54 Å². The van der Waals surface area contributed by atoms with Crippen molar-refractivity contribution in [3.8, 4) is 0 Å². The minimum Gasteiger partial charge on any atom is -0.479 e. The molecule has 0 aliphatic heterocycles. The number of hydrogen-bond acceptors (Lipinski definition) is 4. The molecular formula is C12H19N5O4. The molecule has 0 radical (unpaired) electrons. The molecule has 1 aromatic rings. The van der Waals surface area contributed by atoms with Gasteiger partial charge in [0.15, 0.2) is 6.04 Å². The Morgan fingerprint density at radius 2 is 2.14 bits per heavy atom. The van der Waals surface area contributed by atoms with Crippen LogP contribution in [0.3, 0.4) is 0 Å². The molecule has 0 saturated heterocycles. The lowest BCUT2D eigenvalue weighted by atomic mass is 10.1.